The largest absolute Gasteiger partial charge is 0.353 e. The number of carbonyl (C=O) groups excluding carboxylic acids is 2. The van der Waals surface area contributed by atoms with Crippen LogP contribution in [0.3, 0.4) is 0 Å². The highest BCUT2D eigenvalue weighted by Crippen LogP contribution is 2.24. The highest BCUT2D eigenvalue weighted by atomic mass is 32.2. The second kappa shape index (κ2) is 10.4. The zero-order chi connectivity index (χ0) is 20.6. The van der Waals surface area contributed by atoms with E-state index in [1.165, 1.54) is 23.9 Å². The highest BCUT2D eigenvalue weighted by molar-refractivity contribution is 8.00. The van der Waals surface area contributed by atoms with Gasteiger partial charge in [0, 0.05) is 24.0 Å². The van der Waals surface area contributed by atoms with E-state index in [1.54, 1.807) is 12.1 Å². The number of nitrogens with zero attached hydrogens (tertiary/aromatic N) is 1. The molecule has 0 spiro atoms. The zero-order valence-electron chi connectivity index (χ0n) is 16.6. The van der Waals surface area contributed by atoms with Gasteiger partial charge in [-0.2, -0.15) is 0 Å². The molecule has 1 N–H and O–H groups in total. The number of piperidine rings is 1. The SMILES string of the molecule is CCC(C(=O)N1CCC(NC(=O)CSc2ccc(F)cc2)CC1)c1ccccc1. The van der Waals surface area contributed by atoms with Crippen molar-refractivity contribution in [3.8, 4) is 0 Å². The second-order valence-corrected chi connectivity index (χ2v) is 8.33. The third kappa shape index (κ3) is 6.07. The van der Waals surface area contributed by atoms with Crippen LogP contribution in [0.15, 0.2) is 59.5 Å². The van der Waals surface area contributed by atoms with E-state index < -0.39 is 0 Å². The van der Waals surface area contributed by atoms with Crippen LogP contribution in [0.5, 0.6) is 0 Å². The van der Waals surface area contributed by atoms with Crippen LogP contribution in [0.1, 0.15) is 37.7 Å². The van der Waals surface area contributed by atoms with E-state index in [-0.39, 0.29) is 29.6 Å². The Bertz CT molecular complexity index is 805. The van der Waals surface area contributed by atoms with Crippen molar-refractivity contribution >= 4 is 23.6 Å². The predicted octanol–water partition coefficient (Wildman–Crippen LogP) is 4.22. The van der Waals surface area contributed by atoms with Crippen LogP contribution in [0.2, 0.25) is 0 Å². The van der Waals surface area contributed by atoms with E-state index in [1.807, 2.05) is 42.2 Å². The minimum absolute atomic E-state index is 0.0279. The molecule has 1 aliphatic rings. The normalized spacial score (nSPS) is 15.7. The van der Waals surface area contributed by atoms with Gasteiger partial charge in [-0.25, -0.2) is 4.39 Å². The number of thioether (sulfide) groups is 1. The van der Waals surface area contributed by atoms with Crippen LogP contribution < -0.4 is 5.32 Å². The maximum Gasteiger partial charge on any atom is 0.230 e. The van der Waals surface area contributed by atoms with Gasteiger partial charge in [0.2, 0.25) is 11.8 Å². The topological polar surface area (TPSA) is 49.4 Å². The number of hydrogen-bond acceptors (Lipinski definition) is 3. The third-order valence-electron chi connectivity index (χ3n) is 5.26. The summed E-state index contributed by atoms with van der Waals surface area (Å²) in [5.41, 5.74) is 1.06. The lowest BCUT2D eigenvalue weighted by Crippen LogP contribution is -2.48. The van der Waals surface area contributed by atoms with Crippen LogP contribution in [0.4, 0.5) is 4.39 Å². The van der Waals surface area contributed by atoms with Crippen molar-refractivity contribution in [2.45, 2.75) is 43.0 Å². The molecule has 1 fully saturated rings. The quantitative estimate of drug-likeness (QED) is 0.690. The molecule has 1 atom stereocenters. The molecular weight excluding hydrogens is 387 g/mol. The number of benzene rings is 2. The van der Waals surface area contributed by atoms with Gasteiger partial charge in [0.05, 0.1) is 11.7 Å². The first-order valence-electron chi connectivity index (χ1n) is 10.1. The monoisotopic (exact) mass is 414 g/mol. The van der Waals surface area contributed by atoms with E-state index >= 15 is 0 Å². The van der Waals surface area contributed by atoms with E-state index in [2.05, 4.69) is 5.32 Å². The number of likely N-dealkylation sites (tertiary alicyclic amines) is 1. The molecule has 2 aromatic carbocycles. The van der Waals surface area contributed by atoms with Crippen molar-refractivity contribution in [3.05, 3.63) is 66.0 Å². The number of halogens is 1. The Morgan fingerprint density at radius 2 is 1.76 bits per heavy atom. The maximum absolute atomic E-state index is 13.0. The van der Waals surface area contributed by atoms with Gasteiger partial charge in [-0.1, -0.05) is 37.3 Å². The Morgan fingerprint density at radius 1 is 1.10 bits per heavy atom. The fourth-order valence-corrected chi connectivity index (χ4v) is 4.36. The Hall–Kier alpha value is -2.34. The molecule has 2 amide bonds. The van der Waals surface area contributed by atoms with Crippen molar-refractivity contribution in [2.24, 2.45) is 0 Å². The summed E-state index contributed by atoms with van der Waals surface area (Å²) in [7, 11) is 0. The summed E-state index contributed by atoms with van der Waals surface area (Å²) in [5.74, 6) is 0.0683. The molecule has 1 heterocycles. The standard InChI is InChI=1S/C23H27FN2O2S/c1-2-21(17-6-4-3-5-7-17)23(28)26-14-12-19(13-15-26)25-22(27)16-29-20-10-8-18(24)9-11-20/h3-11,19,21H,2,12-16H2,1H3,(H,25,27). The first-order chi connectivity index (χ1) is 14.1. The first-order valence-corrected chi connectivity index (χ1v) is 11.1. The summed E-state index contributed by atoms with van der Waals surface area (Å²) in [6.07, 6.45) is 2.31. The smallest absolute Gasteiger partial charge is 0.230 e. The molecule has 0 bridgehead atoms. The minimum Gasteiger partial charge on any atom is -0.353 e. The first kappa shape index (κ1) is 21.4. The van der Waals surface area contributed by atoms with E-state index in [0.29, 0.717) is 18.8 Å². The fraction of sp³-hybridized carbons (Fsp3) is 0.391. The Morgan fingerprint density at radius 3 is 2.38 bits per heavy atom. The third-order valence-corrected chi connectivity index (χ3v) is 6.28. The van der Waals surface area contributed by atoms with Gasteiger partial charge in [-0.15, -0.1) is 11.8 Å². The maximum atomic E-state index is 13.0. The van der Waals surface area contributed by atoms with Crippen molar-refractivity contribution in [2.75, 3.05) is 18.8 Å². The molecule has 3 rings (SSSR count). The van der Waals surface area contributed by atoms with Gasteiger partial charge in [0.25, 0.3) is 0 Å². The van der Waals surface area contributed by atoms with Gasteiger partial charge in [0.15, 0.2) is 0 Å². The molecule has 2 aromatic rings. The van der Waals surface area contributed by atoms with Gasteiger partial charge >= 0.3 is 0 Å². The van der Waals surface area contributed by atoms with Crippen molar-refractivity contribution < 1.29 is 14.0 Å². The molecule has 154 valence electrons. The van der Waals surface area contributed by atoms with Crippen molar-refractivity contribution in [1.29, 1.82) is 0 Å². The van der Waals surface area contributed by atoms with Gasteiger partial charge < -0.3 is 10.2 Å². The fourth-order valence-electron chi connectivity index (χ4n) is 3.65. The van der Waals surface area contributed by atoms with Gasteiger partial charge in [-0.05, 0) is 49.1 Å². The molecule has 0 radical (unpaired) electrons. The Kier molecular flexibility index (Phi) is 7.69. The lowest BCUT2D eigenvalue weighted by molar-refractivity contribution is -0.134. The number of hydrogen-bond donors (Lipinski definition) is 1. The lowest BCUT2D eigenvalue weighted by atomic mass is 9.93. The van der Waals surface area contributed by atoms with E-state index in [0.717, 1.165) is 29.7 Å². The second-order valence-electron chi connectivity index (χ2n) is 7.28. The summed E-state index contributed by atoms with van der Waals surface area (Å²) in [6.45, 7) is 3.37. The number of nitrogens with one attached hydrogen (secondary N) is 1. The predicted molar refractivity (Wildman–Crippen MR) is 114 cm³/mol. The number of amides is 2. The van der Waals surface area contributed by atoms with Crippen LogP contribution >= 0.6 is 11.8 Å². The van der Waals surface area contributed by atoms with Crippen molar-refractivity contribution in [3.63, 3.8) is 0 Å². The summed E-state index contributed by atoms with van der Waals surface area (Å²) in [5, 5.41) is 3.06. The molecule has 0 saturated carbocycles. The average Bonchev–Trinajstić information content (AvgIpc) is 2.75. The molecule has 6 heteroatoms. The zero-order valence-corrected chi connectivity index (χ0v) is 17.5. The average molecular weight is 415 g/mol. The molecule has 1 aliphatic heterocycles. The molecule has 1 unspecified atom stereocenters. The molecule has 29 heavy (non-hydrogen) atoms. The van der Waals surface area contributed by atoms with E-state index in [4.69, 9.17) is 0 Å². The summed E-state index contributed by atoms with van der Waals surface area (Å²) < 4.78 is 12.9. The number of rotatable bonds is 7. The Balaban J connectivity index is 1.44. The van der Waals surface area contributed by atoms with Crippen molar-refractivity contribution in [1.82, 2.24) is 10.2 Å². The van der Waals surface area contributed by atoms with E-state index in [9.17, 15) is 14.0 Å². The summed E-state index contributed by atoms with van der Waals surface area (Å²) >= 11 is 1.39. The highest BCUT2D eigenvalue weighted by Gasteiger charge is 2.28. The van der Waals surface area contributed by atoms with Crippen LogP contribution in [0, 0.1) is 5.82 Å². The van der Waals surface area contributed by atoms with Crippen LogP contribution in [-0.2, 0) is 9.59 Å². The number of carbonyl (C=O) groups is 2. The van der Waals surface area contributed by atoms with Gasteiger partial charge in [0.1, 0.15) is 5.82 Å². The Labute approximate surface area is 175 Å². The van der Waals surface area contributed by atoms with Crippen LogP contribution in [0.25, 0.3) is 0 Å². The summed E-state index contributed by atoms with van der Waals surface area (Å²) in [6, 6.07) is 16.2. The van der Waals surface area contributed by atoms with Crippen LogP contribution in [-0.4, -0.2) is 41.6 Å². The summed E-state index contributed by atoms with van der Waals surface area (Å²) in [4.78, 5) is 28.0. The molecule has 0 aliphatic carbocycles. The molecule has 1 saturated heterocycles. The van der Waals surface area contributed by atoms with Gasteiger partial charge in [-0.3, -0.25) is 9.59 Å². The molecule has 0 aromatic heterocycles. The minimum atomic E-state index is -0.280. The molecular formula is C23H27FN2O2S. The lowest BCUT2D eigenvalue weighted by Gasteiger charge is -2.34. The molecule has 4 nitrogen and oxygen atoms in total.